The monoisotopic (exact) mass is 386 g/mol. The number of nitrogens with zero attached hydrogens (tertiary/aromatic N) is 1. The van der Waals surface area contributed by atoms with Crippen LogP contribution in [0.4, 0.5) is 11.4 Å². The number of rotatable bonds is 6. The summed E-state index contributed by atoms with van der Waals surface area (Å²) >= 11 is 6.17. The molecular weight excluding hydrogens is 368 g/mol. The van der Waals surface area contributed by atoms with Crippen molar-refractivity contribution in [1.82, 2.24) is 0 Å². The number of imide groups is 1. The van der Waals surface area contributed by atoms with E-state index in [2.05, 4.69) is 5.32 Å². The number of hydrogen-bond donors (Lipinski definition) is 1. The zero-order valence-corrected chi connectivity index (χ0v) is 16.0. The maximum Gasteiger partial charge on any atom is 0.283 e. The highest BCUT2D eigenvalue weighted by Gasteiger charge is 2.39. The number of carbonyl (C=O) groups is 2. The second kappa shape index (κ2) is 7.72. The van der Waals surface area contributed by atoms with Crippen LogP contribution in [-0.2, 0) is 16.0 Å². The summed E-state index contributed by atoms with van der Waals surface area (Å²) < 4.78 is 10.5. The van der Waals surface area contributed by atoms with Crippen LogP contribution in [-0.4, -0.2) is 26.0 Å². The van der Waals surface area contributed by atoms with Crippen LogP contribution in [0.15, 0.2) is 53.2 Å². The van der Waals surface area contributed by atoms with Gasteiger partial charge in [0.25, 0.3) is 11.8 Å². The summed E-state index contributed by atoms with van der Waals surface area (Å²) in [5.41, 5.74) is 2.08. The van der Waals surface area contributed by atoms with E-state index in [0.29, 0.717) is 22.9 Å². The Morgan fingerprint density at radius 2 is 1.70 bits per heavy atom. The number of anilines is 2. The van der Waals surface area contributed by atoms with E-state index in [4.69, 9.17) is 21.1 Å². The quantitative estimate of drug-likeness (QED) is 0.766. The normalized spacial score (nSPS) is 14.0. The number of ether oxygens (including phenoxy) is 2. The fraction of sp³-hybridized carbons (Fsp3) is 0.200. The third kappa shape index (κ3) is 3.48. The van der Waals surface area contributed by atoms with Gasteiger partial charge in [0.15, 0.2) is 0 Å². The fourth-order valence-electron chi connectivity index (χ4n) is 2.76. The Balaban J connectivity index is 1.90. The molecule has 7 heteroatoms. The van der Waals surface area contributed by atoms with Crippen LogP contribution < -0.4 is 19.7 Å². The van der Waals surface area contributed by atoms with E-state index in [-0.39, 0.29) is 10.7 Å². The summed E-state index contributed by atoms with van der Waals surface area (Å²) in [7, 11) is 3.04. The zero-order valence-electron chi connectivity index (χ0n) is 15.2. The van der Waals surface area contributed by atoms with E-state index in [1.54, 1.807) is 37.4 Å². The number of hydrogen-bond acceptors (Lipinski definition) is 5. The molecular formula is C20H19ClN2O4. The average Bonchev–Trinajstić information content (AvgIpc) is 2.91. The van der Waals surface area contributed by atoms with Gasteiger partial charge in [-0.05, 0) is 36.2 Å². The molecule has 6 nitrogen and oxygen atoms in total. The van der Waals surface area contributed by atoms with Crippen molar-refractivity contribution in [3.05, 3.63) is 58.8 Å². The molecule has 2 aromatic carbocycles. The highest BCUT2D eigenvalue weighted by molar-refractivity contribution is 6.53. The predicted octanol–water partition coefficient (Wildman–Crippen LogP) is 3.70. The maximum absolute atomic E-state index is 12.8. The topological polar surface area (TPSA) is 67.9 Å². The van der Waals surface area contributed by atoms with Crippen molar-refractivity contribution in [3.8, 4) is 11.5 Å². The van der Waals surface area contributed by atoms with E-state index in [1.165, 1.54) is 7.11 Å². The summed E-state index contributed by atoms with van der Waals surface area (Å²) in [4.78, 5) is 26.4. The van der Waals surface area contributed by atoms with Gasteiger partial charge in [-0.1, -0.05) is 30.7 Å². The van der Waals surface area contributed by atoms with Crippen molar-refractivity contribution in [2.24, 2.45) is 0 Å². The summed E-state index contributed by atoms with van der Waals surface area (Å²) in [6, 6.07) is 12.3. The van der Waals surface area contributed by atoms with Crippen molar-refractivity contribution in [1.29, 1.82) is 0 Å². The Morgan fingerprint density at radius 1 is 1.00 bits per heavy atom. The van der Waals surface area contributed by atoms with Gasteiger partial charge in [0.2, 0.25) is 0 Å². The van der Waals surface area contributed by atoms with Crippen LogP contribution in [0, 0.1) is 0 Å². The molecule has 27 heavy (non-hydrogen) atoms. The lowest BCUT2D eigenvalue weighted by molar-refractivity contribution is -0.120. The zero-order chi connectivity index (χ0) is 19.6. The average molecular weight is 387 g/mol. The lowest BCUT2D eigenvalue weighted by Gasteiger charge is -2.16. The molecule has 0 spiro atoms. The molecule has 2 aromatic rings. The first kappa shape index (κ1) is 18.8. The molecule has 140 valence electrons. The highest BCUT2D eigenvalue weighted by atomic mass is 35.5. The lowest BCUT2D eigenvalue weighted by atomic mass is 10.1. The molecule has 0 fully saturated rings. The van der Waals surface area contributed by atoms with Gasteiger partial charge >= 0.3 is 0 Å². The molecule has 0 aromatic heterocycles. The van der Waals surface area contributed by atoms with E-state index in [9.17, 15) is 9.59 Å². The Kier molecular flexibility index (Phi) is 5.37. The summed E-state index contributed by atoms with van der Waals surface area (Å²) in [5, 5.41) is 2.75. The largest absolute Gasteiger partial charge is 0.497 e. The summed E-state index contributed by atoms with van der Waals surface area (Å²) in [6.07, 6.45) is 0.866. The molecule has 0 atom stereocenters. The van der Waals surface area contributed by atoms with Crippen molar-refractivity contribution in [3.63, 3.8) is 0 Å². The van der Waals surface area contributed by atoms with Crippen molar-refractivity contribution < 1.29 is 19.1 Å². The first-order valence-corrected chi connectivity index (χ1v) is 8.74. The molecule has 2 amide bonds. The van der Waals surface area contributed by atoms with Crippen molar-refractivity contribution in [2.75, 3.05) is 24.4 Å². The molecule has 0 unspecified atom stereocenters. The fourth-order valence-corrected chi connectivity index (χ4v) is 2.98. The SMILES string of the molecule is CCc1ccc(N2C(=O)C(Cl)=C(Nc3ccc(OC)cc3OC)C2=O)cc1. The molecule has 1 N–H and O–H groups in total. The maximum atomic E-state index is 12.8. The van der Waals surface area contributed by atoms with Crippen molar-refractivity contribution >= 4 is 34.8 Å². The standard InChI is InChI=1S/C20H19ClN2O4/c1-4-12-5-7-13(8-6-12)23-19(24)17(21)18(20(23)25)22-15-10-9-14(26-2)11-16(15)27-3/h5-11,22H,4H2,1-3H3. The number of benzene rings is 2. The van der Waals surface area contributed by atoms with Crippen LogP contribution in [0.2, 0.25) is 0 Å². The number of amides is 2. The van der Waals surface area contributed by atoms with Crippen molar-refractivity contribution in [2.45, 2.75) is 13.3 Å². The first-order chi connectivity index (χ1) is 13.0. The number of aryl methyl sites for hydroxylation is 1. The lowest BCUT2D eigenvalue weighted by Crippen LogP contribution is -2.32. The molecule has 0 bridgehead atoms. The van der Waals surface area contributed by atoms with E-state index < -0.39 is 11.8 Å². The Bertz CT molecular complexity index is 922. The number of halogens is 1. The van der Waals surface area contributed by atoms with E-state index >= 15 is 0 Å². The van der Waals surface area contributed by atoms with Crippen LogP contribution in [0.3, 0.4) is 0 Å². The third-order valence-electron chi connectivity index (χ3n) is 4.30. The second-order valence-electron chi connectivity index (χ2n) is 5.85. The van der Waals surface area contributed by atoms with E-state index in [1.807, 2.05) is 19.1 Å². The van der Waals surface area contributed by atoms with Crippen LogP contribution in [0.5, 0.6) is 11.5 Å². The Labute approximate surface area is 162 Å². The first-order valence-electron chi connectivity index (χ1n) is 8.36. The summed E-state index contributed by atoms with van der Waals surface area (Å²) in [6.45, 7) is 2.03. The molecule has 1 heterocycles. The van der Waals surface area contributed by atoms with Gasteiger partial charge in [-0.2, -0.15) is 0 Å². The van der Waals surface area contributed by atoms with Gasteiger partial charge in [0.1, 0.15) is 22.2 Å². The van der Waals surface area contributed by atoms with Gasteiger partial charge in [0, 0.05) is 6.07 Å². The number of nitrogens with one attached hydrogen (secondary N) is 1. The minimum atomic E-state index is -0.569. The molecule has 0 aliphatic carbocycles. The number of carbonyl (C=O) groups excluding carboxylic acids is 2. The molecule has 1 aliphatic rings. The van der Waals surface area contributed by atoms with Gasteiger partial charge in [0.05, 0.1) is 25.6 Å². The Morgan fingerprint density at radius 3 is 2.30 bits per heavy atom. The van der Waals surface area contributed by atoms with Gasteiger partial charge in [-0.25, -0.2) is 4.90 Å². The smallest absolute Gasteiger partial charge is 0.283 e. The van der Waals surface area contributed by atoms with Gasteiger partial charge < -0.3 is 14.8 Å². The molecule has 0 saturated heterocycles. The van der Waals surface area contributed by atoms with Crippen LogP contribution in [0.25, 0.3) is 0 Å². The van der Waals surface area contributed by atoms with Gasteiger partial charge in [-0.15, -0.1) is 0 Å². The highest BCUT2D eigenvalue weighted by Crippen LogP contribution is 2.34. The van der Waals surface area contributed by atoms with Gasteiger partial charge in [-0.3, -0.25) is 9.59 Å². The molecule has 0 saturated carbocycles. The van der Waals surface area contributed by atoms with Crippen LogP contribution >= 0.6 is 11.6 Å². The third-order valence-corrected chi connectivity index (χ3v) is 4.65. The number of methoxy groups -OCH3 is 2. The van der Waals surface area contributed by atoms with Crippen LogP contribution in [0.1, 0.15) is 12.5 Å². The second-order valence-corrected chi connectivity index (χ2v) is 6.22. The van der Waals surface area contributed by atoms with E-state index in [0.717, 1.165) is 16.9 Å². The minimum absolute atomic E-state index is 0.00435. The Hall–Kier alpha value is -2.99. The molecule has 1 aliphatic heterocycles. The summed E-state index contributed by atoms with van der Waals surface area (Å²) in [5.74, 6) is -0.0331. The molecule has 3 rings (SSSR count). The molecule has 0 radical (unpaired) electrons. The minimum Gasteiger partial charge on any atom is -0.497 e. The predicted molar refractivity (Wildman–Crippen MR) is 104 cm³/mol.